The van der Waals surface area contributed by atoms with Crippen molar-refractivity contribution in [3.8, 4) is 0 Å². The number of hydrogen-bond acceptors (Lipinski definition) is 3. The molecule has 3 nitrogen and oxygen atoms in total. The molecule has 0 aromatic heterocycles. The van der Waals surface area contributed by atoms with Gasteiger partial charge in [-0.2, -0.15) is 0 Å². The summed E-state index contributed by atoms with van der Waals surface area (Å²) in [5.74, 6) is -1.09. The molecule has 0 aliphatic carbocycles. The highest BCUT2D eigenvalue weighted by Gasteiger charge is 2.14. The van der Waals surface area contributed by atoms with Crippen molar-refractivity contribution in [3.63, 3.8) is 0 Å². The quantitative estimate of drug-likeness (QED) is 0.587. The Morgan fingerprint density at radius 2 is 2.13 bits per heavy atom. The minimum Gasteiger partial charge on any atom is -0.768 e. The average molecular weight is 229 g/mol. The second-order valence-electron chi connectivity index (χ2n) is 3.05. The Balaban J connectivity index is 3.45. The van der Waals surface area contributed by atoms with Crippen LogP contribution >= 0.6 is 0 Å². The van der Waals surface area contributed by atoms with Gasteiger partial charge in [-0.1, -0.05) is 6.92 Å². The number of hydrogen-bond donors (Lipinski definition) is 0. The minimum absolute atomic E-state index is 0.157. The minimum atomic E-state index is -2.61. The van der Waals surface area contributed by atoms with E-state index in [1.807, 2.05) is 0 Å². The van der Waals surface area contributed by atoms with Gasteiger partial charge in [0.25, 0.3) is 0 Å². The Kier molecular flexibility index (Phi) is 3.71. The molecule has 0 N–H and O–H groups in total. The largest absolute Gasteiger partial charge is 0.768 e. The lowest BCUT2D eigenvalue weighted by Crippen LogP contribution is -2.05. The lowest BCUT2D eigenvalue weighted by atomic mass is 10.0. The lowest BCUT2D eigenvalue weighted by Gasteiger charge is -2.12. The Morgan fingerprint density at radius 3 is 2.53 bits per heavy atom. The zero-order chi connectivity index (χ0) is 11.6. The van der Waals surface area contributed by atoms with Crippen LogP contribution in [0.2, 0.25) is 0 Å². The molecule has 1 aromatic rings. The fourth-order valence-electron chi connectivity index (χ4n) is 1.40. The van der Waals surface area contributed by atoms with Crippen molar-refractivity contribution in [3.05, 3.63) is 29.1 Å². The van der Waals surface area contributed by atoms with Crippen LogP contribution in [0.4, 0.5) is 4.39 Å². The molecule has 0 spiro atoms. The molecule has 82 valence electrons. The fraction of sp³-hybridized carbons (Fsp3) is 0.300. The van der Waals surface area contributed by atoms with Gasteiger partial charge in [-0.25, -0.2) is 4.39 Å². The van der Waals surface area contributed by atoms with Crippen LogP contribution in [0.3, 0.4) is 0 Å². The Morgan fingerprint density at radius 1 is 1.53 bits per heavy atom. The van der Waals surface area contributed by atoms with E-state index < -0.39 is 21.8 Å². The molecule has 0 saturated carbocycles. The standard InChI is InChI=1S/C10H11FO3S/c1-3-7-8(6(2)12)4-5-9(10(7)11)15(13)14/h4-5H,3H2,1-2H3,(H,13,14)/p-1. The molecule has 0 radical (unpaired) electrons. The molecular formula is C10H10FO3S-. The molecule has 0 heterocycles. The maximum Gasteiger partial charge on any atom is 0.160 e. The van der Waals surface area contributed by atoms with Gasteiger partial charge in [0.15, 0.2) is 5.78 Å². The molecule has 1 aromatic carbocycles. The molecule has 1 rings (SSSR count). The first-order valence-electron chi connectivity index (χ1n) is 4.40. The third-order valence-electron chi connectivity index (χ3n) is 2.12. The van der Waals surface area contributed by atoms with Crippen LogP contribution in [0.25, 0.3) is 0 Å². The summed E-state index contributed by atoms with van der Waals surface area (Å²) in [4.78, 5) is 10.7. The second-order valence-corrected chi connectivity index (χ2v) is 3.96. The third-order valence-corrected chi connectivity index (χ3v) is 2.79. The number of Topliss-reactive ketones (excluding diaryl/α,β-unsaturated/α-hetero) is 1. The first-order chi connectivity index (χ1) is 6.99. The zero-order valence-corrected chi connectivity index (χ0v) is 9.19. The molecule has 0 fully saturated rings. The first-order valence-corrected chi connectivity index (χ1v) is 5.48. The summed E-state index contributed by atoms with van der Waals surface area (Å²) in [5.41, 5.74) is 0.397. The van der Waals surface area contributed by atoms with Gasteiger partial charge < -0.3 is 4.55 Å². The average Bonchev–Trinajstić information content (AvgIpc) is 2.16. The molecule has 0 amide bonds. The normalized spacial score (nSPS) is 12.5. The van der Waals surface area contributed by atoms with E-state index in [-0.39, 0.29) is 23.3 Å². The number of ketones is 1. The second kappa shape index (κ2) is 4.63. The molecule has 0 bridgehead atoms. The van der Waals surface area contributed by atoms with Crippen molar-refractivity contribution in [2.75, 3.05) is 0 Å². The van der Waals surface area contributed by atoms with Crippen LogP contribution in [-0.4, -0.2) is 14.5 Å². The van der Waals surface area contributed by atoms with E-state index in [0.717, 1.165) is 6.07 Å². The highest BCUT2D eigenvalue weighted by molar-refractivity contribution is 7.79. The molecule has 1 atom stereocenters. The molecule has 0 aliphatic rings. The smallest absolute Gasteiger partial charge is 0.160 e. The molecule has 0 aliphatic heterocycles. The predicted octanol–water partition coefficient (Wildman–Crippen LogP) is 1.83. The summed E-state index contributed by atoms with van der Waals surface area (Å²) in [7, 11) is 0. The Hall–Kier alpha value is -1.07. The molecule has 15 heavy (non-hydrogen) atoms. The number of carbonyl (C=O) groups excluding carboxylic acids is 1. The van der Waals surface area contributed by atoms with E-state index in [0.29, 0.717) is 0 Å². The highest BCUT2D eigenvalue weighted by Crippen LogP contribution is 2.21. The van der Waals surface area contributed by atoms with Crippen molar-refractivity contribution in [2.45, 2.75) is 25.2 Å². The van der Waals surface area contributed by atoms with E-state index in [1.165, 1.54) is 13.0 Å². The third kappa shape index (κ3) is 2.30. The highest BCUT2D eigenvalue weighted by atomic mass is 32.2. The van der Waals surface area contributed by atoms with Crippen molar-refractivity contribution in [1.29, 1.82) is 0 Å². The van der Waals surface area contributed by atoms with Gasteiger partial charge in [-0.3, -0.25) is 9.00 Å². The van der Waals surface area contributed by atoms with Gasteiger partial charge in [0, 0.05) is 5.56 Å². The number of halogens is 1. The van der Waals surface area contributed by atoms with Gasteiger partial charge in [0.2, 0.25) is 0 Å². The van der Waals surface area contributed by atoms with Crippen molar-refractivity contribution < 1.29 is 17.9 Å². The summed E-state index contributed by atoms with van der Waals surface area (Å²) in [6, 6.07) is 2.45. The van der Waals surface area contributed by atoms with E-state index in [9.17, 15) is 17.9 Å². The van der Waals surface area contributed by atoms with Crippen molar-refractivity contribution >= 4 is 16.9 Å². The SMILES string of the molecule is CCc1c(C(C)=O)ccc(S(=O)[O-])c1F. The first kappa shape index (κ1) is 12.0. The Labute approximate surface area is 89.6 Å². The summed E-state index contributed by atoms with van der Waals surface area (Å²) >= 11 is -2.61. The van der Waals surface area contributed by atoms with Crippen LogP contribution in [0.5, 0.6) is 0 Å². The maximum atomic E-state index is 13.6. The number of carbonyl (C=O) groups is 1. The predicted molar refractivity (Wildman–Crippen MR) is 53.0 cm³/mol. The summed E-state index contributed by atoms with van der Waals surface area (Å²) in [5, 5.41) is 0. The molecular weight excluding hydrogens is 219 g/mol. The van der Waals surface area contributed by atoms with Crippen LogP contribution < -0.4 is 0 Å². The molecule has 0 saturated heterocycles. The zero-order valence-electron chi connectivity index (χ0n) is 8.37. The summed E-state index contributed by atoms with van der Waals surface area (Å²) in [6.45, 7) is 2.99. The van der Waals surface area contributed by atoms with Crippen LogP contribution in [0.15, 0.2) is 17.0 Å². The van der Waals surface area contributed by atoms with Crippen LogP contribution in [-0.2, 0) is 17.5 Å². The fourth-order valence-corrected chi connectivity index (χ4v) is 1.85. The summed E-state index contributed by atoms with van der Waals surface area (Å²) in [6.07, 6.45) is 0.284. The van der Waals surface area contributed by atoms with Crippen molar-refractivity contribution in [1.82, 2.24) is 0 Å². The van der Waals surface area contributed by atoms with Gasteiger partial charge in [0.05, 0.1) is 4.90 Å². The Bertz CT molecular complexity index is 429. The van der Waals surface area contributed by atoms with Gasteiger partial charge in [-0.15, -0.1) is 0 Å². The topological polar surface area (TPSA) is 57.2 Å². The molecule has 5 heteroatoms. The van der Waals surface area contributed by atoms with Crippen LogP contribution in [0.1, 0.15) is 29.8 Å². The van der Waals surface area contributed by atoms with E-state index in [4.69, 9.17) is 0 Å². The monoisotopic (exact) mass is 229 g/mol. The number of rotatable bonds is 3. The van der Waals surface area contributed by atoms with Gasteiger partial charge in [-0.05, 0) is 42.1 Å². The molecule has 1 unspecified atom stereocenters. The maximum absolute atomic E-state index is 13.6. The van der Waals surface area contributed by atoms with Crippen LogP contribution in [0, 0.1) is 5.82 Å². The van der Waals surface area contributed by atoms with E-state index >= 15 is 0 Å². The van der Waals surface area contributed by atoms with E-state index in [1.54, 1.807) is 6.92 Å². The number of benzene rings is 1. The lowest BCUT2D eigenvalue weighted by molar-refractivity contribution is 0.101. The summed E-state index contributed by atoms with van der Waals surface area (Å²) < 4.78 is 34.9. The van der Waals surface area contributed by atoms with Gasteiger partial charge >= 0.3 is 0 Å². The van der Waals surface area contributed by atoms with Crippen molar-refractivity contribution in [2.24, 2.45) is 0 Å². The van der Waals surface area contributed by atoms with E-state index in [2.05, 4.69) is 0 Å². The van der Waals surface area contributed by atoms with Gasteiger partial charge in [0.1, 0.15) is 5.82 Å².